The molecule has 1 unspecified atom stereocenters. The number of hydrogen-bond acceptors (Lipinski definition) is 3. The first kappa shape index (κ1) is 21.1. The Morgan fingerprint density at radius 1 is 1.17 bits per heavy atom. The Balaban J connectivity index is 1.58. The summed E-state index contributed by atoms with van der Waals surface area (Å²) >= 11 is 1.79. The van der Waals surface area contributed by atoms with Crippen LogP contribution in [0.1, 0.15) is 66.6 Å². The molecule has 1 atom stereocenters. The number of amides is 2. The van der Waals surface area contributed by atoms with E-state index in [0.717, 1.165) is 25.8 Å². The average Bonchev–Trinajstić information content (AvgIpc) is 3.43. The highest BCUT2D eigenvalue weighted by atomic mass is 32.1. The van der Waals surface area contributed by atoms with Crippen LogP contribution in [0.3, 0.4) is 0 Å². The van der Waals surface area contributed by atoms with Gasteiger partial charge in [0.15, 0.2) is 0 Å². The third-order valence-electron chi connectivity index (χ3n) is 6.37. The summed E-state index contributed by atoms with van der Waals surface area (Å²) in [5.74, 6) is 0.795. The zero-order valence-electron chi connectivity index (χ0n) is 18.1. The Kier molecular flexibility index (Phi) is 6.57. The normalized spacial score (nSPS) is 18.2. The van der Waals surface area contributed by atoms with Gasteiger partial charge in [-0.05, 0) is 66.7 Å². The lowest BCUT2D eigenvalue weighted by Gasteiger charge is -2.38. The molecule has 2 aromatic rings. The standard InChI is InChI=1S/C25H32N2O2S/c1-3-4-9-23(28)26(16-19-10-11-19)17-24(29)27-14-12-22-21(13-15-30-22)25(27)20-8-6-5-7-18(20)2/h5-8,13,15,19,25H,3-4,9-12,14,16-17H2,1-2H3. The van der Waals surface area contributed by atoms with Crippen molar-refractivity contribution in [1.29, 1.82) is 0 Å². The van der Waals surface area contributed by atoms with Crippen molar-refractivity contribution in [3.05, 3.63) is 57.3 Å². The zero-order chi connectivity index (χ0) is 21.1. The molecule has 30 heavy (non-hydrogen) atoms. The van der Waals surface area contributed by atoms with Crippen molar-refractivity contribution in [3.8, 4) is 0 Å². The van der Waals surface area contributed by atoms with Crippen LogP contribution in [-0.4, -0.2) is 41.2 Å². The summed E-state index contributed by atoms with van der Waals surface area (Å²) in [6, 6.07) is 10.5. The van der Waals surface area contributed by atoms with Crippen LogP contribution in [0.15, 0.2) is 35.7 Å². The quantitative estimate of drug-likeness (QED) is 0.601. The van der Waals surface area contributed by atoms with E-state index < -0.39 is 0 Å². The Hall–Kier alpha value is -2.14. The smallest absolute Gasteiger partial charge is 0.242 e. The number of hydrogen-bond donors (Lipinski definition) is 0. The number of rotatable bonds is 8. The highest BCUT2D eigenvalue weighted by Gasteiger charge is 2.35. The van der Waals surface area contributed by atoms with Gasteiger partial charge in [-0.15, -0.1) is 11.3 Å². The van der Waals surface area contributed by atoms with Gasteiger partial charge in [-0.2, -0.15) is 0 Å². The molecule has 0 bridgehead atoms. The third-order valence-corrected chi connectivity index (χ3v) is 7.36. The number of nitrogens with zero attached hydrogens (tertiary/aromatic N) is 2. The van der Waals surface area contributed by atoms with Crippen LogP contribution in [0.5, 0.6) is 0 Å². The van der Waals surface area contributed by atoms with Crippen LogP contribution in [0.4, 0.5) is 0 Å². The van der Waals surface area contributed by atoms with E-state index in [1.807, 2.05) is 15.9 Å². The minimum Gasteiger partial charge on any atom is -0.333 e. The Labute approximate surface area is 183 Å². The minimum absolute atomic E-state index is 0.0535. The summed E-state index contributed by atoms with van der Waals surface area (Å²) in [5, 5.41) is 2.14. The Bertz CT molecular complexity index is 902. The molecule has 1 fully saturated rings. The van der Waals surface area contributed by atoms with Gasteiger partial charge in [-0.25, -0.2) is 0 Å². The van der Waals surface area contributed by atoms with Gasteiger partial charge in [-0.3, -0.25) is 9.59 Å². The van der Waals surface area contributed by atoms with E-state index in [4.69, 9.17) is 0 Å². The van der Waals surface area contributed by atoms with Crippen LogP contribution < -0.4 is 0 Å². The molecule has 4 rings (SSSR count). The van der Waals surface area contributed by atoms with Gasteiger partial charge in [0.25, 0.3) is 0 Å². The molecule has 4 nitrogen and oxygen atoms in total. The predicted molar refractivity (Wildman–Crippen MR) is 122 cm³/mol. The lowest BCUT2D eigenvalue weighted by atomic mass is 9.90. The van der Waals surface area contributed by atoms with Crippen molar-refractivity contribution in [2.45, 2.75) is 58.4 Å². The van der Waals surface area contributed by atoms with Gasteiger partial charge >= 0.3 is 0 Å². The zero-order valence-corrected chi connectivity index (χ0v) is 18.9. The molecule has 0 saturated heterocycles. The maximum Gasteiger partial charge on any atom is 0.242 e. The number of unbranched alkanes of at least 4 members (excludes halogenated alkanes) is 1. The van der Waals surface area contributed by atoms with Crippen LogP contribution >= 0.6 is 11.3 Å². The number of carbonyl (C=O) groups excluding carboxylic acids is 2. The van der Waals surface area contributed by atoms with E-state index in [9.17, 15) is 9.59 Å². The Morgan fingerprint density at radius 3 is 2.70 bits per heavy atom. The highest BCUT2D eigenvalue weighted by Crippen LogP contribution is 2.39. The molecule has 160 valence electrons. The second-order valence-electron chi connectivity index (χ2n) is 8.72. The molecule has 0 N–H and O–H groups in total. The van der Waals surface area contributed by atoms with Crippen molar-refractivity contribution < 1.29 is 9.59 Å². The average molecular weight is 425 g/mol. The maximum atomic E-state index is 13.6. The number of aryl methyl sites for hydroxylation is 1. The van der Waals surface area contributed by atoms with E-state index in [1.54, 1.807) is 11.3 Å². The predicted octanol–water partition coefficient (Wildman–Crippen LogP) is 4.96. The first-order valence-corrected chi connectivity index (χ1v) is 12.2. The van der Waals surface area contributed by atoms with Gasteiger partial charge in [0.2, 0.25) is 11.8 Å². The summed E-state index contributed by atoms with van der Waals surface area (Å²) in [4.78, 5) is 31.6. The van der Waals surface area contributed by atoms with Crippen LogP contribution in [0.25, 0.3) is 0 Å². The first-order chi connectivity index (χ1) is 14.6. The van der Waals surface area contributed by atoms with E-state index in [2.05, 4.69) is 43.5 Å². The molecule has 0 radical (unpaired) electrons. The number of carbonyl (C=O) groups is 2. The lowest BCUT2D eigenvalue weighted by Crippen LogP contribution is -2.47. The third kappa shape index (κ3) is 4.61. The van der Waals surface area contributed by atoms with Crippen molar-refractivity contribution in [2.75, 3.05) is 19.6 Å². The molecule has 1 aromatic carbocycles. The topological polar surface area (TPSA) is 40.6 Å². The molecule has 0 spiro atoms. The van der Waals surface area contributed by atoms with Crippen LogP contribution in [0, 0.1) is 12.8 Å². The molecule has 1 aliphatic heterocycles. The molecule has 2 aliphatic rings. The summed E-state index contributed by atoms with van der Waals surface area (Å²) < 4.78 is 0. The van der Waals surface area contributed by atoms with Gasteiger partial charge in [0.1, 0.15) is 0 Å². The summed E-state index contributed by atoms with van der Waals surface area (Å²) in [6.45, 7) is 5.88. The van der Waals surface area contributed by atoms with Gasteiger partial charge < -0.3 is 9.80 Å². The molecule has 1 aromatic heterocycles. The van der Waals surface area contributed by atoms with Crippen LogP contribution in [0.2, 0.25) is 0 Å². The summed E-state index contributed by atoms with van der Waals surface area (Å²) in [7, 11) is 0. The van der Waals surface area contributed by atoms with Gasteiger partial charge in [0, 0.05) is 24.4 Å². The molecule has 1 saturated carbocycles. The highest BCUT2D eigenvalue weighted by molar-refractivity contribution is 7.10. The van der Waals surface area contributed by atoms with Gasteiger partial charge in [-0.1, -0.05) is 37.6 Å². The fraction of sp³-hybridized carbons (Fsp3) is 0.520. The second-order valence-corrected chi connectivity index (χ2v) is 9.72. The molecular formula is C25H32N2O2S. The minimum atomic E-state index is -0.0535. The summed E-state index contributed by atoms with van der Waals surface area (Å²) in [6.07, 6.45) is 5.69. The van der Waals surface area contributed by atoms with E-state index in [0.29, 0.717) is 18.9 Å². The lowest BCUT2D eigenvalue weighted by molar-refractivity contribution is -0.142. The first-order valence-electron chi connectivity index (χ1n) is 11.3. The number of thiophene rings is 1. The van der Waals surface area contributed by atoms with Crippen molar-refractivity contribution in [1.82, 2.24) is 9.80 Å². The van der Waals surface area contributed by atoms with Crippen LogP contribution in [-0.2, 0) is 16.0 Å². The van der Waals surface area contributed by atoms with Gasteiger partial charge in [0.05, 0.1) is 12.6 Å². The monoisotopic (exact) mass is 424 g/mol. The number of benzene rings is 1. The molecule has 1 aliphatic carbocycles. The largest absolute Gasteiger partial charge is 0.333 e. The van der Waals surface area contributed by atoms with E-state index >= 15 is 0 Å². The SMILES string of the molecule is CCCCC(=O)N(CC(=O)N1CCc2sccc2C1c1ccccc1C)CC1CC1. The fourth-order valence-electron chi connectivity index (χ4n) is 4.42. The van der Waals surface area contributed by atoms with Crippen molar-refractivity contribution >= 4 is 23.2 Å². The summed E-state index contributed by atoms with van der Waals surface area (Å²) in [5.41, 5.74) is 3.64. The van der Waals surface area contributed by atoms with E-state index in [-0.39, 0.29) is 24.4 Å². The molecular weight excluding hydrogens is 392 g/mol. The molecule has 2 amide bonds. The van der Waals surface area contributed by atoms with Crippen molar-refractivity contribution in [2.24, 2.45) is 5.92 Å². The van der Waals surface area contributed by atoms with Crippen molar-refractivity contribution in [3.63, 3.8) is 0 Å². The second kappa shape index (κ2) is 9.34. The van der Waals surface area contributed by atoms with E-state index in [1.165, 1.54) is 34.4 Å². The molecule has 2 heterocycles. The molecule has 5 heteroatoms. The maximum absolute atomic E-state index is 13.6. The Morgan fingerprint density at radius 2 is 1.97 bits per heavy atom. The number of fused-ring (bicyclic) bond motifs is 1. The fourth-order valence-corrected chi connectivity index (χ4v) is 5.32.